The van der Waals surface area contributed by atoms with E-state index in [1.165, 1.54) is 7.11 Å². The summed E-state index contributed by atoms with van der Waals surface area (Å²) in [4.78, 5) is 22.7. The molecule has 0 unspecified atom stereocenters. The van der Waals surface area contributed by atoms with Crippen molar-refractivity contribution in [3.8, 4) is 17.6 Å². The van der Waals surface area contributed by atoms with Gasteiger partial charge in [0.25, 0.3) is 0 Å². The molecule has 146 valence electrons. The Bertz CT molecular complexity index is 859. The van der Waals surface area contributed by atoms with Gasteiger partial charge in [-0.25, -0.2) is 4.79 Å². The molecule has 0 aliphatic carbocycles. The number of amides is 3. The third kappa shape index (κ3) is 6.53. The lowest BCUT2D eigenvalue weighted by Crippen LogP contribution is -2.23. The predicted molar refractivity (Wildman–Crippen MR) is 104 cm³/mol. The Labute approximate surface area is 163 Å². The zero-order valence-corrected chi connectivity index (χ0v) is 15.5. The summed E-state index contributed by atoms with van der Waals surface area (Å²) in [5, 5.41) is 14.2. The van der Waals surface area contributed by atoms with Gasteiger partial charge in [-0.05, 0) is 36.2 Å². The molecule has 0 radical (unpaired) electrons. The number of nitrogens with one attached hydrogen (secondary N) is 2. The molecule has 0 heterocycles. The molecule has 2 aromatic rings. The van der Waals surface area contributed by atoms with Gasteiger partial charge >= 0.3 is 6.03 Å². The van der Waals surface area contributed by atoms with Crippen molar-refractivity contribution in [2.24, 2.45) is 5.73 Å². The van der Waals surface area contributed by atoms with E-state index in [4.69, 9.17) is 20.5 Å². The molecule has 0 aromatic heterocycles. The molecule has 28 heavy (non-hydrogen) atoms. The molecular formula is C20H22N4O4. The quantitative estimate of drug-likeness (QED) is 0.575. The van der Waals surface area contributed by atoms with Crippen molar-refractivity contribution in [1.82, 2.24) is 5.32 Å². The maximum atomic E-state index is 11.9. The third-order valence-corrected chi connectivity index (χ3v) is 3.81. The second kappa shape index (κ2) is 10.4. The van der Waals surface area contributed by atoms with Gasteiger partial charge in [0.15, 0.2) is 11.5 Å². The van der Waals surface area contributed by atoms with Gasteiger partial charge in [0.2, 0.25) is 5.91 Å². The molecule has 4 N–H and O–H groups in total. The minimum atomic E-state index is -0.623. The second-order valence-electron chi connectivity index (χ2n) is 5.89. The molecule has 0 saturated carbocycles. The second-order valence-corrected chi connectivity index (χ2v) is 5.89. The molecule has 3 amide bonds. The normalized spacial score (nSPS) is 9.86. The Hall–Kier alpha value is -3.73. The van der Waals surface area contributed by atoms with Gasteiger partial charge in [-0.1, -0.05) is 12.1 Å². The van der Waals surface area contributed by atoms with Gasteiger partial charge in [-0.2, -0.15) is 5.26 Å². The molecule has 8 heteroatoms. The van der Waals surface area contributed by atoms with Crippen LogP contribution in [0.2, 0.25) is 0 Å². The summed E-state index contributed by atoms with van der Waals surface area (Å²) in [6.45, 7) is 0.739. The fourth-order valence-electron chi connectivity index (χ4n) is 2.41. The van der Waals surface area contributed by atoms with Gasteiger partial charge < -0.3 is 25.8 Å². The highest BCUT2D eigenvalue weighted by Gasteiger charge is 2.07. The summed E-state index contributed by atoms with van der Waals surface area (Å²) in [5.41, 5.74) is 7.04. The fraction of sp³-hybridized carbons (Fsp3) is 0.250. The molecule has 0 bridgehead atoms. The molecule has 0 saturated heterocycles. The maximum absolute atomic E-state index is 11.9. The van der Waals surface area contributed by atoms with E-state index in [9.17, 15) is 9.59 Å². The third-order valence-electron chi connectivity index (χ3n) is 3.81. The molecule has 2 rings (SSSR count). The van der Waals surface area contributed by atoms with Crippen molar-refractivity contribution >= 4 is 17.6 Å². The molecule has 2 aromatic carbocycles. The van der Waals surface area contributed by atoms with Crippen LogP contribution < -0.4 is 25.8 Å². The number of carbonyl (C=O) groups excluding carboxylic acids is 2. The number of benzene rings is 2. The fourth-order valence-corrected chi connectivity index (χ4v) is 2.41. The average Bonchev–Trinajstić information content (AvgIpc) is 2.70. The molecule has 0 spiro atoms. The van der Waals surface area contributed by atoms with E-state index in [-0.39, 0.29) is 5.91 Å². The van der Waals surface area contributed by atoms with Crippen LogP contribution >= 0.6 is 0 Å². The van der Waals surface area contributed by atoms with Crippen LogP contribution in [0.5, 0.6) is 11.5 Å². The minimum Gasteiger partial charge on any atom is -0.493 e. The molecule has 0 atom stereocenters. The molecular weight excluding hydrogens is 360 g/mol. The summed E-state index contributed by atoms with van der Waals surface area (Å²) in [6.07, 6.45) is 0.858. The van der Waals surface area contributed by atoms with Gasteiger partial charge in [-0.15, -0.1) is 0 Å². The first-order valence-electron chi connectivity index (χ1n) is 8.65. The Balaban J connectivity index is 1.70. The standard InChI is InChI=1S/C20H22N4O4/c1-27-18-11-15(12-21)6-9-17(18)28-10-2-3-19(25)23-13-14-4-7-16(8-5-14)24-20(22)26/h4-9,11H,2-3,10,13H2,1H3,(H,23,25)(H3,22,24,26). The van der Waals surface area contributed by atoms with Crippen LogP contribution in [0.4, 0.5) is 10.5 Å². The largest absolute Gasteiger partial charge is 0.493 e. The smallest absolute Gasteiger partial charge is 0.316 e. The van der Waals surface area contributed by atoms with E-state index < -0.39 is 6.03 Å². The van der Waals surface area contributed by atoms with Crippen molar-refractivity contribution in [2.45, 2.75) is 19.4 Å². The summed E-state index contributed by atoms with van der Waals surface area (Å²) in [5.74, 6) is 0.930. The number of rotatable bonds is 9. The first kappa shape index (κ1) is 20.6. The number of nitriles is 1. The van der Waals surface area contributed by atoms with Crippen molar-refractivity contribution in [3.63, 3.8) is 0 Å². The monoisotopic (exact) mass is 382 g/mol. The first-order valence-corrected chi connectivity index (χ1v) is 8.65. The number of urea groups is 1. The SMILES string of the molecule is COc1cc(C#N)ccc1OCCCC(=O)NCc1ccc(NC(N)=O)cc1. The lowest BCUT2D eigenvalue weighted by Gasteiger charge is -2.11. The van der Waals surface area contributed by atoms with Gasteiger partial charge in [-0.3, -0.25) is 4.79 Å². The van der Waals surface area contributed by atoms with E-state index in [1.54, 1.807) is 42.5 Å². The number of hydrogen-bond donors (Lipinski definition) is 3. The van der Waals surface area contributed by atoms with Crippen LogP contribution in [0.15, 0.2) is 42.5 Å². The Morgan fingerprint density at radius 3 is 2.54 bits per heavy atom. The number of ether oxygens (including phenoxy) is 2. The van der Waals surface area contributed by atoms with Gasteiger partial charge in [0.1, 0.15) is 0 Å². The summed E-state index contributed by atoms with van der Waals surface area (Å²) in [7, 11) is 1.51. The minimum absolute atomic E-state index is 0.0882. The van der Waals surface area contributed by atoms with Crippen LogP contribution in [0.1, 0.15) is 24.0 Å². The van der Waals surface area contributed by atoms with Crippen LogP contribution in [0.25, 0.3) is 0 Å². The number of nitrogens with two attached hydrogens (primary N) is 1. The number of hydrogen-bond acceptors (Lipinski definition) is 5. The van der Waals surface area contributed by atoms with E-state index >= 15 is 0 Å². The van der Waals surface area contributed by atoms with Crippen molar-refractivity contribution in [2.75, 3.05) is 19.0 Å². The number of primary amides is 1. The van der Waals surface area contributed by atoms with E-state index in [0.717, 1.165) is 5.56 Å². The molecule has 0 fully saturated rings. The number of carbonyl (C=O) groups is 2. The highest BCUT2D eigenvalue weighted by Crippen LogP contribution is 2.27. The highest BCUT2D eigenvalue weighted by molar-refractivity contribution is 5.87. The number of nitrogens with zero attached hydrogens (tertiary/aromatic N) is 1. The Morgan fingerprint density at radius 2 is 1.89 bits per heavy atom. The summed E-state index contributed by atoms with van der Waals surface area (Å²) >= 11 is 0. The van der Waals surface area contributed by atoms with Crippen LogP contribution in [0.3, 0.4) is 0 Å². The topological polar surface area (TPSA) is 126 Å². The Morgan fingerprint density at radius 1 is 1.14 bits per heavy atom. The molecule has 0 aliphatic rings. The summed E-state index contributed by atoms with van der Waals surface area (Å²) in [6, 6.07) is 13.4. The average molecular weight is 382 g/mol. The van der Waals surface area contributed by atoms with E-state index in [0.29, 0.717) is 48.7 Å². The van der Waals surface area contributed by atoms with Crippen molar-refractivity contribution in [3.05, 3.63) is 53.6 Å². The van der Waals surface area contributed by atoms with E-state index in [1.807, 2.05) is 6.07 Å². The zero-order valence-electron chi connectivity index (χ0n) is 15.5. The number of methoxy groups -OCH3 is 1. The Kier molecular flexibility index (Phi) is 7.66. The van der Waals surface area contributed by atoms with Gasteiger partial charge in [0, 0.05) is 24.7 Å². The summed E-state index contributed by atoms with van der Waals surface area (Å²) < 4.78 is 10.8. The van der Waals surface area contributed by atoms with Gasteiger partial charge in [0.05, 0.1) is 25.3 Å². The zero-order chi connectivity index (χ0) is 20.4. The number of anilines is 1. The van der Waals surface area contributed by atoms with Crippen molar-refractivity contribution < 1.29 is 19.1 Å². The predicted octanol–water partition coefficient (Wildman–Crippen LogP) is 2.53. The molecule has 8 nitrogen and oxygen atoms in total. The van der Waals surface area contributed by atoms with E-state index in [2.05, 4.69) is 10.6 Å². The lowest BCUT2D eigenvalue weighted by atomic mass is 10.2. The van der Waals surface area contributed by atoms with Crippen LogP contribution in [-0.4, -0.2) is 25.7 Å². The van der Waals surface area contributed by atoms with Crippen LogP contribution in [0, 0.1) is 11.3 Å². The maximum Gasteiger partial charge on any atom is 0.316 e. The highest BCUT2D eigenvalue weighted by atomic mass is 16.5. The molecule has 0 aliphatic heterocycles. The van der Waals surface area contributed by atoms with Crippen LogP contribution in [-0.2, 0) is 11.3 Å². The van der Waals surface area contributed by atoms with Crippen molar-refractivity contribution in [1.29, 1.82) is 5.26 Å². The lowest BCUT2D eigenvalue weighted by molar-refractivity contribution is -0.121. The first-order chi connectivity index (χ1) is 13.5.